The van der Waals surface area contributed by atoms with Crippen LogP contribution in [-0.2, 0) is 0 Å². The third kappa shape index (κ3) is 2.11. The number of aromatic nitrogens is 2. The number of piperidine rings is 3. The highest BCUT2D eigenvalue weighted by Crippen LogP contribution is 2.33. The number of carbonyl (C=O) groups excluding carboxylic acids is 1. The van der Waals surface area contributed by atoms with Crippen molar-refractivity contribution in [2.75, 3.05) is 19.6 Å². The summed E-state index contributed by atoms with van der Waals surface area (Å²) in [5.74, 6) is 0.255. The number of aromatic amines is 1. The van der Waals surface area contributed by atoms with Gasteiger partial charge in [-0.25, -0.2) is 0 Å². The van der Waals surface area contributed by atoms with Crippen LogP contribution in [0, 0.1) is 11.1 Å². The molecule has 0 radical (unpaired) electrons. The lowest BCUT2D eigenvalue weighted by Gasteiger charge is -2.55. The summed E-state index contributed by atoms with van der Waals surface area (Å²) in [6.45, 7) is 1.89. The normalized spacial score (nSPS) is 31.5. The fourth-order valence-corrected chi connectivity index (χ4v) is 3.69. The van der Waals surface area contributed by atoms with Crippen LogP contribution in [0.1, 0.15) is 23.3 Å². The lowest BCUT2D eigenvalue weighted by atomic mass is 9.83. The second kappa shape index (κ2) is 4.54. The monoisotopic (exact) mass is 286 g/mol. The number of hydrogen-bond donors (Lipinski definition) is 2. The quantitative estimate of drug-likeness (QED) is 0.647. The Kier molecular flexibility index (Phi) is 2.77. The predicted octanol–water partition coefficient (Wildman–Crippen LogP) is 1.40. The predicted molar refractivity (Wildman–Crippen MR) is 78.3 cm³/mol. The van der Waals surface area contributed by atoms with E-state index in [1.807, 2.05) is 24.3 Å². The van der Waals surface area contributed by atoms with Gasteiger partial charge in [-0.2, -0.15) is 5.10 Å². The van der Waals surface area contributed by atoms with Gasteiger partial charge in [0, 0.05) is 18.2 Å². The summed E-state index contributed by atoms with van der Waals surface area (Å²) >= 11 is 0. The first kappa shape index (κ1) is 12.8. The number of fused-ring (bicyclic) bond motifs is 4. The average molecular weight is 286 g/mol. The van der Waals surface area contributed by atoms with E-state index < -0.39 is 0 Å². The van der Waals surface area contributed by atoms with Gasteiger partial charge in [-0.05, 0) is 12.0 Å². The van der Waals surface area contributed by atoms with Crippen molar-refractivity contribution in [3.8, 4) is 0 Å². The number of amides is 1. The fourth-order valence-electron chi connectivity index (χ4n) is 3.69. The number of rotatable bonds is 2. The van der Waals surface area contributed by atoms with Gasteiger partial charge in [-0.1, -0.05) is 18.2 Å². The van der Waals surface area contributed by atoms with E-state index >= 15 is 0 Å². The van der Waals surface area contributed by atoms with Crippen molar-refractivity contribution in [3.05, 3.63) is 35.2 Å². The minimum atomic E-state index is -0.183. The van der Waals surface area contributed by atoms with Gasteiger partial charge in [0.25, 0.3) is 5.91 Å². The molecule has 0 saturated carbocycles. The van der Waals surface area contributed by atoms with E-state index in [2.05, 4.69) is 15.5 Å². The van der Waals surface area contributed by atoms with Crippen molar-refractivity contribution in [1.29, 1.82) is 0 Å². The molecule has 3 aliphatic rings. The summed E-state index contributed by atoms with van der Waals surface area (Å²) in [6.07, 6.45) is 1.82. The van der Waals surface area contributed by atoms with E-state index in [1.165, 1.54) is 0 Å². The highest BCUT2D eigenvalue weighted by atomic mass is 16.5. The molecule has 2 N–H and O–H groups in total. The first-order valence-electron chi connectivity index (χ1n) is 7.46. The molecule has 4 heterocycles. The smallest absolute Gasteiger partial charge is 0.272 e. The van der Waals surface area contributed by atoms with E-state index in [4.69, 9.17) is 0 Å². The van der Waals surface area contributed by atoms with Crippen molar-refractivity contribution < 1.29 is 9.44 Å². The molecule has 0 spiro atoms. The topological polar surface area (TPSA) is 80.8 Å². The lowest BCUT2D eigenvalue weighted by molar-refractivity contribution is -0.898. The van der Waals surface area contributed by atoms with Crippen LogP contribution in [0.15, 0.2) is 24.3 Å². The highest BCUT2D eigenvalue weighted by molar-refractivity contribution is 6.04. The maximum atomic E-state index is 12.5. The maximum Gasteiger partial charge on any atom is 0.272 e. The largest absolute Gasteiger partial charge is 0.633 e. The van der Waals surface area contributed by atoms with Crippen LogP contribution < -0.4 is 5.32 Å². The van der Waals surface area contributed by atoms with Crippen LogP contribution in [-0.4, -0.2) is 46.4 Å². The summed E-state index contributed by atoms with van der Waals surface area (Å²) in [5.41, 5.74) is 1.27. The summed E-state index contributed by atoms with van der Waals surface area (Å²) in [5, 5.41) is 23.2. The Hall–Kier alpha value is -1.92. The zero-order valence-electron chi connectivity index (χ0n) is 11.7. The Morgan fingerprint density at radius 2 is 2.10 bits per heavy atom. The number of nitrogens with one attached hydrogen (secondary N) is 2. The third-order valence-corrected chi connectivity index (χ3v) is 4.92. The number of hydroxylamine groups is 3. The van der Waals surface area contributed by atoms with Crippen molar-refractivity contribution >= 4 is 16.8 Å². The summed E-state index contributed by atoms with van der Waals surface area (Å²) in [6, 6.07) is 7.55. The number of carbonyl (C=O) groups is 1. The fraction of sp³-hybridized carbons (Fsp3) is 0.467. The van der Waals surface area contributed by atoms with Gasteiger partial charge in [-0.3, -0.25) is 9.89 Å². The van der Waals surface area contributed by atoms with Crippen LogP contribution in [0.25, 0.3) is 10.9 Å². The Bertz CT molecular complexity index is 688. The van der Waals surface area contributed by atoms with Crippen molar-refractivity contribution in [3.63, 3.8) is 0 Å². The number of para-hydroxylation sites is 1. The van der Waals surface area contributed by atoms with Crippen LogP contribution in [0.4, 0.5) is 0 Å². The van der Waals surface area contributed by atoms with Crippen molar-refractivity contribution in [2.24, 2.45) is 5.92 Å². The van der Waals surface area contributed by atoms with Gasteiger partial charge in [0.15, 0.2) is 5.69 Å². The number of benzene rings is 1. The Balaban J connectivity index is 1.56. The Morgan fingerprint density at radius 3 is 2.86 bits per heavy atom. The van der Waals surface area contributed by atoms with Crippen LogP contribution >= 0.6 is 0 Å². The lowest BCUT2D eigenvalue weighted by Crippen LogP contribution is -2.64. The van der Waals surface area contributed by atoms with Gasteiger partial charge in [0.1, 0.15) is 0 Å². The minimum absolute atomic E-state index is 0.0204. The van der Waals surface area contributed by atoms with Crippen molar-refractivity contribution in [2.45, 2.75) is 18.9 Å². The summed E-state index contributed by atoms with van der Waals surface area (Å²) in [7, 11) is 0. The number of quaternary nitrogens is 1. The van der Waals surface area contributed by atoms with Crippen LogP contribution in [0.5, 0.6) is 0 Å². The molecule has 1 aromatic carbocycles. The standard InChI is InChI=1S/C15H18N4O2/c20-15(14-11-3-1-2-4-12(11)17-18-14)16-13-9-19(21)7-5-10(13)6-8-19/h1-4,10,13H,5-9H2,(H,16,20)(H,17,18)/t10?,13-,19?/m1/s1. The zero-order chi connectivity index (χ0) is 14.4. The SMILES string of the molecule is O=C(N[C@@H]1C[N+]2([O-])CCC1CC2)c1n[nH]c2ccccc12. The molecule has 5 rings (SSSR count). The number of H-pyrrole nitrogens is 1. The summed E-state index contributed by atoms with van der Waals surface area (Å²) < 4.78 is -0.150. The highest BCUT2D eigenvalue weighted by Gasteiger charge is 2.42. The first-order chi connectivity index (χ1) is 10.1. The maximum absolute atomic E-state index is 12.5. The molecule has 3 saturated heterocycles. The molecule has 110 valence electrons. The van der Waals surface area contributed by atoms with E-state index in [-0.39, 0.29) is 16.6 Å². The summed E-state index contributed by atoms with van der Waals surface area (Å²) in [4.78, 5) is 12.5. The molecule has 0 unspecified atom stereocenters. The second-order valence-electron chi connectivity index (χ2n) is 6.22. The van der Waals surface area contributed by atoms with Crippen molar-refractivity contribution in [1.82, 2.24) is 15.5 Å². The third-order valence-electron chi connectivity index (χ3n) is 4.92. The molecule has 6 nitrogen and oxygen atoms in total. The second-order valence-corrected chi connectivity index (χ2v) is 6.22. The molecule has 0 aliphatic carbocycles. The first-order valence-corrected chi connectivity index (χ1v) is 7.46. The van der Waals surface area contributed by atoms with Gasteiger partial charge in [0.05, 0.1) is 31.2 Å². The molecule has 3 fully saturated rings. The number of nitrogens with zero attached hydrogens (tertiary/aromatic N) is 2. The van der Waals surface area contributed by atoms with Gasteiger partial charge in [0.2, 0.25) is 0 Å². The molecule has 2 aromatic rings. The Labute approximate surface area is 122 Å². The minimum Gasteiger partial charge on any atom is -0.633 e. The van der Waals surface area contributed by atoms with Crippen LogP contribution in [0.2, 0.25) is 0 Å². The molecule has 1 aromatic heterocycles. The Morgan fingerprint density at radius 1 is 1.33 bits per heavy atom. The van der Waals surface area contributed by atoms with E-state index in [0.717, 1.165) is 23.7 Å². The molecule has 1 atom stereocenters. The average Bonchev–Trinajstić information content (AvgIpc) is 2.91. The number of hydrogen-bond acceptors (Lipinski definition) is 3. The molecular weight excluding hydrogens is 268 g/mol. The zero-order valence-corrected chi connectivity index (χ0v) is 11.7. The molecule has 21 heavy (non-hydrogen) atoms. The van der Waals surface area contributed by atoms with Gasteiger partial charge in [-0.15, -0.1) is 0 Å². The molecule has 2 bridgehead atoms. The van der Waals surface area contributed by atoms with Gasteiger partial charge >= 0.3 is 0 Å². The van der Waals surface area contributed by atoms with E-state index in [1.54, 1.807) is 0 Å². The van der Waals surface area contributed by atoms with E-state index in [9.17, 15) is 10.0 Å². The van der Waals surface area contributed by atoms with E-state index in [0.29, 0.717) is 31.2 Å². The molecular formula is C15H18N4O2. The van der Waals surface area contributed by atoms with Gasteiger partial charge < -0.3 is 15.2 Å². The van der Waals surface area contributed by atoms with Crippen LogP contribution in [0.3, 0.4) is 0 Å². The molecule has 6 heteroatoms. The molecule has 1 amide bonds. The molecule has 3 aliphatic heterocycles.